The van der Waals surface area contributed by atoms with Crippen molar-refractivity contribution < 1.29 is 29.3 Å². The van der Waals surface area contributed by atoms with Gasteiger partial charge in [-0.15, -0.1) is 11.6 Å². The minimum absolute atomic E-state index is 0.246. The van der Waals surface area contributed by atoms with E-state index in [-0.39, 0.29) is 17.7 Å². The van der Waals surface area contributed by atoms with Crippen molar-refractivity contribution in [3.05, 3.63) is 83.4 Å². The number of halogens is 1. The van der Waals surface area contributed by atoms with Crippen molar-refractivity contribution in [2.75, 3.05) is 6.61 Å². The van der Waals surface area contributed by atoms with Crippen LogP contribution in [-0.2, 0) is 9.47 Å². The van der Waals surface area contributed by atoms with E-state index in [0.717, 1.165) is 0 Å². The zero-order chi connectivity index (χ0) is 20.1. The fraction of sp³-hybridized carbons (Fsp3) is 0.238. The van der Waals surface area contributed by atoms with Gasteiger partial charge in [0.25, 0.3) is 0 Å². The summed E-state index contributed by atoms with van der Waals surface area (Å²) in [4.78, 5) is 24.4. The molecule has 4 atom stereocenters. The third-order valence-corrected chi connectivity index (χ3v) is 4.74. The largest absolute Gasteiger partial charge is 0.457 e. The Bertz CT molecular complexity index is 852. The Labute approximate surface area is 167 Å². The molecule has 2 aromatic carbocycles. The fourth-order valence-electron chi connectivity index (χ4n) is 2.82. The number of rotatable bonds is 5. The Morgan fingerprint density at radius 1 is 0.893 bits per heavy atom. The van der Waals surface area contributed by atoms with Crippen molar-refractivity contribution in [1.82, 2.24) is 0 Å². The van der Waals surface area contributed by atoms with E-state index in [1.807, 2.05) is 0 Å². The van der Waals surface area contributed by atoms with Gasteiger partial charge in [0.15, 0.2) is 6.10 Å². The lowest BCUT2D eigenvalue weighted by Gasteiger charge is -2.34. The molecule has 7 heteroatoms. The number of esters is 2. The van der Waals surface area contributed by atoms with E-state index < -0.39 is 35.6 Å². The minimum Gasteiger partial charge on any atom is -0.457 e. The van der Waals surface area contributed by atoms with Crippen LogP contribution < -0.4 is 0 Å². The van der Waals surface area contributed by atoms with Gasteiger partial charge in [-0.05, 0) is 29.8 Å². The maximum Gasteiger partial charge on any atom is 0.338 e. The highest BCUT2D eigenvalue weighted by Gasteiger charge is 2.41. The van der Waals surface area contributed by atoms with Crippen molar-refractivity contribution in [2.24, 2.45) is 0 Å². The third-order valence-electron chi connectivity index (χ3n) is 4.36. The first kappa shape index (κ1) is 20.1. The van der Waals surface area contributed by atoms with Gasteiger partial charge in [0.2, 0.25) is 0 Å². The van der Waals surface area contributed by atoms with Crippen LogP contribution in [0.25, 0.3) is 0 Å². The molecule has 28 heavy (non-hydrogen) atoms. The molecule has 0 bridgehead atoms. The molecule has 0 saturated carbocycles. The van der Waals surface area contributed by atoms with Gasteiger partial charge in [0.1, 0.15) is 18.8 Å². The van der Waals surface area contributed by atoms with E-state index in [1.54, 1.807) is 60.7 Å². The Kier molecular flexibility index (Phi) is 6.46. The van der Waals surface area contributed by atoms with Crippen LogP contribution in [0.4, 0.5) is 0 Å². The second-order valence-corrected chi connectivity index (χ2v) is 6.80. The van der Waals surface area contributed by atoms with Crippen molar-refractivity contribution >= 4 is 23.5 Å². The highest BCUT2D eigenvalue weighted by molar-refractivity contribution is 6.22. The van der Waals surface area contributed by atoms with Gasteiger partial charge in [-0.25, -0.2) is 9.59 Å². The summed E-state index contributed by atoms with van der Waals surface area (Å²) in [6, 6.07) is 16.6. The first-order valence-corrected chi connectivity index (χ1v) is 9.10. The van der Waals surface area contributed by atoms with Gasteiger partial charge in [-0.1, -0.05) is 42.5 Å². The Balaban J connectivity index is 1.68. The van der Waals surface area contributed by atoms with Crippen LogP contribution >= 0.6 is 11.6 Å². The Morgan fingerprint density at radius 3 is 2.00 bits per heavy atom. The lowest BCUT2D eigenvalue weighted by molar-refractivity contribution is -0.0688. The van der Waals surface area contributed by atoms with Crippen LogP contribution in [-0.4, -0.2) is 52.4 Å². The van der Waals surface area contributed by atoms with Gasteiger partial charge < -0.3 is 19.7 Å². The molecular weight excluding hydrogens is 384 g/mol. The second-order valence-electron chi connectivity index (χ2n) is 6.30. The van der Waals surface area contributed by atoms with Gasteiger partial charge in [-0.3, -0.25) is 0 Å². The van der Waals surface area contributed by atoms with Crippen molar-refractivity contribution in [3.63, 3.8) is 0 Å². The number of carbonyl (C=O) groups excluding carboxylic acids is 2. The lowest BCUT2D eigenvalue weighted by Crippen LogP contribution is -2.50. The normalized spacial score (nSPS) is 24.2. The number of aliphatic hydroxyl groups excluding tert-OH is 2. The number of aliphatic hydroxyl groups is 2. The number of hydrogen-bond donors (Lipinski definition) is 2. The van der Waals surface area contributed by atoms with Gasteiger partial charge in [0.05, 0.1) is 16.5 Å². The van der Waals surface area contributed by atoms with Crippen LogP contribution in [0, 0.1) is 0 Å². The highest BCUT2D eigenvalue weighted by atomic mass is 35.5. The van der Waals surface area contributed by atoms with Crippen LogP contribution in [0.5, 0.6) is 0 Å². The van der Waals surface area contributed by atoms with Crippen molar-refractivity contribution in [1.29, 1.82) is 0 Å². The molecule has 0 spiro atoms. The van der Waals surface area contributed by atoms with Gasteiger partial charge >= 0.3 is 11.9 Å². The van der Waals surface area contributed by atoms with Crippen molar-refractivity contribution in [3.8, 4) is 0 Å². The quantitative estimate of drug-likeness (QED) is 0.453. The first-order chi connectivity index (χ1) is 13.5. The number of carbonyl (C=O) groups is 2. The Morgan fingerprint density at radius 2 is 1.43 bits per heavy atom. The molecule has 0 saturated heterocycles. The summed E-state index contributed by atoms with van der Waals surface area (Å²) in [6.45, 7) is -0.246. The maximum absolute atomic E-state index is 12.3. The zero-order valence-electron chi connectivity index (χ0n) is 14.8. The molecule has 0 fully saturated rings. The number of alkyl halides is 1. The topological polar surface area (TPSA) is 93.1 Å². The summed E-state index contributed by atoms with van der Waals surface area (Å²) >= 11 is 6.11. The Hall–Kier alpha value is -2.67. The predicted octanol–water partition coefficient (Wildman–Crippen LogP) is 2.34. The molecule has 1 aliphatic carbocycles. The van der Waals surface area contributed by atoms with E-state index in [2.05, 4.69) is 0 Å². The van der Waals surface area contributed by atoms with E-state index >= 15 is 0 Å². The van der Waals surface area contributed by atoms with E-state index in [0.29, 0.717) is 5.56 Å². The molecule has 0 unspecified atom stereocenters. The maximum atomic E-state index is 12.3. The summed E-state index contributed by atoms with van der Waals surface area (Å²) in [7, 11) is 0. The summed E-state index contributed by atoms with van der Waals surface area (Å²) in [6.07, 6.45) is -2.55. The standard InChI is InChI=1S/C21H19ClO6/c22-16-11-15(12-27-20(25)13-7-3-1-4-8-13)17(23)19(18(16)24)28-21(26)14-9-5-2-6-10-14/h1-11,16-19,23-24H,12H2/t16-,17+,18-,19-/m0/s1. The number of hydrogen-bond acceptors (Lipinski definition) is 6. The number of ether oxygens (including phenoxy) is 2. The summed E-state index contributed by atoms with van der Waals surface area (Å²) < 4.78 is 10.5. The molecule has 6 nitrogen and oxygen atoms in total. The summed E-state index contributed by atoms with van der Waals surface area (Å²) in [5, 5.41) is 19.9. The molecule has 0 amide bonds. The third kappa shape index (κ3) is 4.59. The monoisotopic (exact) mass is 402 g/mol. The van der Waals surface area contributed by atoms with E-state index in [1.165, 1.54) is 6.08 Å². The molecule has 146 valence electrons. The molecule has 0 heterocycles. The smallest absolute Gasteiger partial charge is 0.338 e. The average Bonchev–Trinajstić information content (AvgIpc) is 2.73. The fourth-order valence-corrected chi connectivity index (χ4v) is 3.13. The van der Waals surface area contributed by atoms with Gasteiger partial charge in [0, 0.05) is 0 Å². The molecule has 2 aromatic rings. The predicted molar refractivity (Wildman–Crippen MR) is 102 cm³/mol. The van der Waals surface area contributed by atoms with Crippen LogP contribution in [0.2, 0.25) is 0 Å². The van der Waals surface area contributed by atoms with Gasteiger partial charge in [-0.2, -0.15) is 0 Å². The SMILES string of the molecule is O=C(OCC1=C[C@H](Cl)[C@H](O)[C@@H](OC(=O)c2ccccc2)[C@@H]1O)c1ccccc1. The molecule has 3 rings (SSSR count). The molecule has 2 N–H and O–H groups in total. The lowest BCUT2D eigenvalue weighted by atomic mass is 9.91. The average molecular weight is 403 g/mol. The highest BCUT2D eigenvalue weighted by Crippen LogP contribution is 2.27. The summed E-state index contributed by atoms with van der Waals surface area (Å²) in [5.74, 6) is -1.26. The molecule has 0 aromatic heterocycles. The number of benzene rings is 2. The van der Waals surface area contributed by atoms with Crippen LogP contribution in [0.3, 0.4) is 0 Å². The first-order valence-electron chi connectivity index (χ1n) is 8.66. The molecule has 0 aliphatic heterocycles. The second kappa shape index (κ2) is 9.01. The minimum atomic E-state index is -1.36. The zero-order valence-corrected chi connectivity index (χ0v) is 15.5. The summed E-state index contributed by atoms with van der Waals surface area (Å²) in [5.41, 5.74) is 0.892. The molecule has 0 radical (unpaired) electrons. The van der Waals surface area contributed by atoms with Crippen LogP contribution in [0.1, 0.15) is 20.7 Å². The van der Waals surface area contributed by atoms with Crippen LogP contribution in [0.15, 0.2) is 72.3 Å². The van der Waals surface area contributed by atoms with E-state index in [4.69, 9.17) is 21.1 Å². The van der Waals surface area contributed by atoms with E-state index in [9.17, 15) is 19.8 Å². The molecular formula is C21H19ClO6. The van der Waals surface area contributed by atoms with Crippen molar-refractivity contribution in [2.45, 2.75) is 23.7 Å². The molecule has 1 aliphatic rings.